The highest BCUT2D eigenvalue weighted by Crippen LogP contribution is 2.46. The molecule has 4 aliphatic rings. The number of fused-ring (bicyclic) bond motifs is 4. The summed E-state index contributed by atoms with van der Waals surface area (Å²) in [5.74, 6) is 1.82. The summed E-state index contributed by atoms with van der Waals surface area (Å²) in [5, 5.41) is 10.8. The molecule has 0 aromatic rings. The average molecular weight is 379 g/mol. The Kier molecular flexibility index (Phi) is 5.36. The average Bonchev–Trinajstić information content (AvgIpc) is 2.56. The number of hydrogen-bond donors (Lipinski definition) is 1. The van der Waals surface area contributed by atoms with Crippen LogP contribution in [0.1, 0.15) is 71.6 Å². The summed E-state index contributed by atoms with van der Waals surface area (Å²) in [6, 6.07) is 0. The van der Waals surface area contributed by atoms with Crippen LogP contribution in [-0.2, 0) is 19.1 Å². The van der Waals surface area contributed by atoms with Gasteiger partial charge in [-0.25, -0.2) is 4.79 Å². The third-order valence-corrected chi connectivity index (χ3v) is 7.41. The van der Waals surface area contributed by atoms with Crippen LogP contribution >= 0.6 is 0 Å². The number of ether oxygens (including phenoxy) is 2. The molecule has 4 rings (SSSR count). The van der Waals surface area contributed by atoms with E-state index in [1.807, 2.05) is 6.92 Å². The van der Waals surface area contributed by atoms with Gasteiger partial charge in [-0.2, -0.15) is 0 Å². The Labute approximate surface area is 162 Å². The van der Waals surface area contributed by atoms with Crippen LogP contribution in [0.3, 0.4) is 0 Å². The Morgan fingerprint density at radius 1 is 1.00 bits per heavy atom. The van der Waals surface area contributed by atoms with Gasteiger partial charge in [-0.1, -0.05) is 13.8 Å². The van der Waals surface area contributed by atoms with E-state index in [9.17, 15) is 14.7 Å². The monoisotopic (exact) mass is 378 g/mol. The van der Waals surface area contributed by atoms with Gasteiger partial charge < -0.3 is 14.6 Å². The first-order chi connectivity index (χ1) is 12.8. The van der Waals surface area contributed by atoms with Crippen molar-refractivity contribution in [3.63, 3.8) is 0 Å². The summed E-state index contributed by atoms with van der Waals surface area (Å²) in [6.45, 7) is 4.19. The molecule has 0 aliphatic heterocycles. The third kappa shape index (κ3) is 4.40. The number of rotatable bonds is 4. The SMILES string of the molecule is CC1CC2CC(OCC(=O)OC3CC4CC(C)C(=O)C(C4)C3)CC(O)(C1)C2. The number of carbonyl (C=O) groups excluding carboxylic acids is 2. The summed E-state index contributed by atoms with van der Waals surface area (Å²) in [4.78, 5) is 24.6. The van der Waals surface area contributed by atoms with Crippen molar-refractivity contribution in [2.75, 3.05) is 6.61 Å². The van der Waals surface area contributed by atoms with Crippen LogP contribution in [0, 0.1) is 29.6 Å². The number of Topliss-reactive ketones (excluding diaryl/α,β-unsaturated/α-hetero) is 1. The second-order valence-electron chi connectivity index (χ2n) is 10.1. The maximum absolute atomic E-state index is 12.3. The van der Waals surface area contributed by atoms with Crippen molar-refractivity contribution >= 4 is 11.8 Å². The predicted octanol–water partition coefficient (Wildman–Crippen LogP) is 3.27. The lowest BCUT2D eigenvalue weighted by Gasteiger charge is -2.47. The Hall–Kier alpha value is -0.940. The lowest BCUT2D eigenvalue weighted by Crippen LogP contribution is -2.47. The molecule has 152 valence electrons. The van der Waals surface area contributed by atoms with Crippen molar-refractivity contribution in [2.24, 2.45) is 29.6 Å². The minimum Gasteiger partial charge on any atom is -0.461 e. The number of carbonyl (C=O) groups is 2. The first kappa shape index (κ1) is 19.4. The number of aliphatic hydroxyl groups is 1. The first-order valence-corrected chi connectivity index (χ1v) is 10.9. The van der Waals surface area contributed by atoms with Gasteiger partial charge in [0.05, 0.1) is 11.7 Å². The van der Waals surface area contributed by atoms with E-state index in [4.69, 9.17) is 9.47 Å². The summed E-state index contributed by atoms with van der Waals surface area (Å²) in [6.07, 6.45) is 7.67. The van der Waals surface area contributed by atoms with Crippen LogP contribution in [0.4, 0.5) is 0 Å². The molecule has 0 aromatic carbocycles. The quantitative estimate of drug-likeness (QED) is 0.760. The van der Waals surface area contributed by atoms with Gasteiger partial charge in [-0.3, -0.25) is 4.79 Å². The van der Waals surface area contributed by atoms with Gasteiger partial charge in [0.1, 0.15) is 18.5 Å². The van der Waals surface area contributed by atoms with Gasteiger partial charge in [-0.05, 0) is 69.1 Å². The van der Waals surface area contributed by atoms with Gasteiger partial charge in [-0.15, -0.1) is 0 Å². The molecule has 0 amide bonds. The number of ketones is 1. The molecule has 0 saturated heterocycles. The Bertz CT molecular complexity index is 583. The summed E-state index contributed by atoms with van der Waals surface area (Å²) in [7, 11) is 0. The molecular formula is C22H34O5. The molecular weight excluding hydrogens is 344 g/mol. The van der Waals surface area contributed by atoms with Crippen LogP contribution in [0.25, 0.3) is 0 Å². The zero-order valence-electron chi connectivity index (χ0n) is 16.7. The Balaban J connectivity index is 1.24. The van der Waals surface area contributed by atoms with E-state index >= 15 is 0 Å². The molecule has 27 heavy (non-hydrogen) atoms. The van der Waals surface area contributed by atoms with E-state index in [2.05, 4.69) is 6.92 Å². The second-order valence-corrected chi connectivity index (χ2v) is 10.1. The molecule has 0 heterocycles. The Morgan fingerprint density at radius 2 is 1.78 bits per heavy atom. The predicted molar refractivity (Wildman–Crippen MR) is 99.9 cm³/mol. The fourth-order valence-corrected chi connectivity index (χ4v) is 6.68. The van der Waals surface area contributed by atoms with Crippen molar-refractivity contribution in [1.29, 1.82) is 0 Å². The fourth-order valence-electron chi connectivity index (χ4n) is 6.68. The maximum Gasteiger partial charge on any atom is 0.332 e. The highest BCUT2D eigenvalue weighted by molar-refractivity contribution is 5.84. The molecule has 5 nitrogen and oxygen atoms in total. The van der Waals surface area contributed by atoms with Crippen molar-refractivity contribution in [3.8, 4) is 0 Å². The summed E-state index contributed by atoms with van der Waals surface area (Å²) >= 11 is 0. The molecule has 1 N–H and O–H groups in total. The first-order valence-electron chi connectivity index (χ1n) is 10.9. The van der Waals surface area contributed by atoms with E-state index in [1.54, 1.807) is 0 Å². The maximum atomic E-state index is 12.3. The molecule has 8 atom stereocenters. The molecule has 4 saturated carbocycles. The molecule has 0 radical (unpaired) electrons. The molecule has 4 bridgehead atoms. The van der Waals surface area contributed by atoms with E-state index in [0.717, 1.165) is 44.9 Å². The van der Waals surface area contributed by atoms with Crippen molar-refractivity contribution in [1.82, 2.24) is 0 Å². The number of hydrogen-bond acceptors (Lipinski definition) is 5. The van der Waals surface area contributed by atoms with Gasteiger partial charge in [0, 0.05) is 18.3 Å². The van der Waals surface area contributed by atoms with E-state index in [-0.39, 0.29) is 36.6 Å². The van der Waals surface area contributed by atoms with Crippen LogP contribution < -0.4 is 0 Å². The topological polar surface area (TPSA) is 72.8 Å². The van der Waals surface area contributed by atoms with Crippen molar-refractivity contribution < 1.29 is 24.2 Å². The van der Waals surface area contributed by atoms with Crippen molar-refractivity contribution in [3.05, 3.63) is 0 Å². The molecule has 8 unspecified atom stereocenters. The minimum absolute atomic E-state index is 0.0425. The lowest BCUT2D eigenvalue weighted by molar-refractivity contribution is -0.168. The van der Waals surface area contributed by atoms with E-state index in [0.29, 0.717) is 36.4 Å². The summed E-state index contributed by atoms with van der Waals surface area (Å²) < 4.78 is 11.5. The van der Waals surface area contributed by atoms with Crippen LogP contribution in [0.2, 0.25) is 0 Å². The zero-order valence-corrected chi connectivity index (χ0v) is 16.7. The molecule has 0 spiro atoms. The normalized spacial score (nSPS) is 46.8. The largest absolute Gasteiger partial charge is 0.461 e. The smallest absolute Gasteiger partial charge is 0.332 e. The lowest BCUT2D eigenvalue weighted by atomic mass is 9.65. The second kappa shape index (κ2) is 7.47. The van der Waals surface area contributed by atoms with Crippen LogP contribution in [-0.4, -0.2) is 41.3 Å². The van der Waals surface area contributed by atoms with Gasteiger partial charge in [0.25, 0.3) is 0 Å². The molecule has 5 heteroatoms. The standard InChI is InChI=1S/C22H34O5/c1-13-3-16-7-19(11-22(25,9-13)10-16)26-12-20(23)27-18-6-15-4-14(2)21(24)17(5-15)8-18/h13-19,25H,3-12H2,1-2H3. The minimum atomic E-state index is -0.618. The highest BCUT2D eigenvalue weighted by atomic mass is 16.6. The van der Waals surface area contributed by atoms with E-state index in [1.165, 1.54) is 0 Å². The molecule has 4 fully saturated rings. The van der Waals surface area contributed by atoms with Crippen molar-refractivity contribution in [2.45, 2.75) is 89.4 Å². The van der Waals surface area contributed by atoms with Gasteiger partial charge in [0.2, 0.25) is 0 Å². The number of esters is 1. The van der Waals surface area contributed by atoms with Gasteiger partial charge in [0.15, 0.2) is 0 Å². The Morgan fingerprint density at radius 3 is 2.56 bits per heavy atom. The third-order valence-electron chi connectivity index (χ3n) is 7.41. The molecule has 4 aliphatic carbocycles. The molecule has 0 aromatic heterocycles. The fraction of sp³-hybridized carbons (Fsp3) is 0.909. The van der Waals surface area contributed by atoms with Crippen LogP contribution in [0.15, 0.2) is 0 Å². The van der Waals surface area contributed by atoms with Gasteiger partial charge >= 0.3 is 5.97 Å². The van der Waals surface area contributed by atoms with Crippen LogP contribution in [0.5, 0.6) is 0 Å². The van der Waals surface area contributed by atoms with E-state index < -0.39 is 5.60 Å². The summed E-state index contributed by atoms with van der Waals surface area (Å²) in [5.41, 5.74) is -0.618. The highest BCUT2D eigenvalue weighted by Gasteiger charge is 2.45. The zero-order chi connectivity index (χ0) is 19.2.